The standard InChI is InChI=1S/C19H29NO/c1-19(2)14-17(16-10-6-7-11-18(16)21-19)20-13-12-15-8-4-3-5-9-15/h6-7,10-11,15,17,20H,3-5,8-9,12-14H2,1-2H3. The Labute approximate surface area is 129 Å². The molecule has 1 aliphatic carbocycles. The summed E-state index contributed by atoms with van der Waals surface area (Å²) in [5, 5.41) is 3.80. The van der Waals surface area contributed by atoms with Crippen molar-refractivity contribution in [3.8, 4) is 5.75 Å². The van der Waals surface area contributed by atoms with Gasteiger partial charge in [-0.1, -0.05) is 50.3 Å². The quantitative estimate of drug-likeness (QED) is 0.855. The largest absolute Gasteiger partial charge is 0.487 e. The molecule has 1 aliphatic heterocycles. The van der Waals surface area contributed by atoms with Crippen molar-refractivity contribution in [2.45, 2.75) is 70.4 Å². The van der Waals surface area contributed by atoms with Crippen LogP contribution in [0.4, 0.5) is 0 Å². The fourth-order valence-electron chi connectivity index (χ4n) is 3.92. The molecule has 0 saturated heterocycles. The van der Waals surface area contributed by atoms with Crippen LogP contribution in [0, 0.1) is 5.92 Å². The summed E-state index contributed by atoms with van der Waals surface area (Å²) in [6, 6.07) is 8.94. The number of ether oxygens (including phenoxy) is 1. The lowest BCUT2D eigenvalue weighted by molar-refractivity contribution is 0.0657. The van der Waals surface area contributed by atoms with E-state index in [-0.39, 0.29) is 5.60 Å². The minimum Gasteiger partial charge on any atom is -0.487 e. The zero-order chi connectivity index (χ0) is 14.7. The Kier molecular flexibility index (Phi) is 4.54. The van der Waals surface area contributed by atoms with Crippen molar-refractivity contribution in [3.05, 3.63) is 29.8 Å². The molecule has 1 N–H and O–H groups in total. The second-order valence-corrected chi connectivity index (χ2v) is 7.40. The summed E-state index contributed by atoms with van der Waals surface area (Å²) in [5.74, 6) is 2.01. The smallest absolute Gasteiger partial charge is 0.124 e. The highest BCUT2D eigenvalue weighted by Gasteiger charge is 2.33. The second kappa shape index (κ2) is 6.39. The molecule has 3 rings (SSSR count). The van der Waals surface area contributed by atoms with E-state index in [9.17, 15) is 0 Å². The predicted molar refractivity (Wildman–Crippen MR) is 87.7 cm³/mol. The van der Waals surface area contributed by atoms with Gasteiger partial charge < -0.3 is 10.1 Å². The van der Waals surface area contributed by atoms with Gasteiger partial charge in [-0.15, -0.1) is 0 Å². The topological polar surface area (TPSA) is 21.3 Å². The number of para-hydroxylation sites is 1. The first-order valence-electron chi connectivity index (χ1n) is 8.65. The van der Waals surface area contributed by atoms with Gasteiger partial charge in [0.1, 0.15) is 11.4 Å². The van der Waals surface area contributed by atoms with Crippen LogP contribution in [0.2, 0.25) is 0 Å². The molecule has 0 bridgehead atoms. The average Bonchev–Trinajstić information content (AvgIpc) is 2.47. The van der Waals surface area contributed by atoms with Crippen LogP contribution in [0.5, 0.6) is 5.75 Å². The molecule has 1 aromatic rings. The molecule has 1 fully saturated rings. The van der Waals surface area contributed by atoms with E-state index >= 15 is 0 Å². The lowest BCUT2D eigenvalue weighted by Crippen LogP contribution is -2.40. The Morgan fingerprint density at radius 3 is 2.71 bits per heavy atom. The van der Waals surface area contributed by atoms with Crippen LogP contribution in [0.1, 0.15) is 70.4 Å². The van der Waals surface area contributed by atoms with Gasteiger partial charge in [0.25, 0.3) is 0 Å². The van der Waals surface area contributed by atoms with Gasteiger partial charge in [0.2, 0.25) is 0 Å². The van der Waals surface area contributed by atoms with Crippen molar-refractivity contribution >= 4 is 0 Å². The zero-order valence-electron chi connectivity index (χ0n) is 13.5. The molecule has 1 aromatic carbocycles. The number of rotatable bonds is 4. The molecule has 21 heavy (non-hydrogen) atoms. The summed E-state index contributed by atoms with van der Waals surface area (Å²) in [6.45, 7) is 5.53. The molecule has 1 saturated carbocycles. The molecule has 2 heteroatoms. The molecular weight excluding hydrogens is 258 g/mol. The van der Waals surface area contributed by atoms with E-state index in [2.05, 4.69) is 43.4 Å². The lowest BCUT2D eigenvalue weighted by atomic mass is 9.86. The number of fused-ring (bicyclic) bond motifs is 1. The molecule has 1 heterocycles. The average molecular weight is 287 g/mol. The highest BCUT2D eigenvalue weighted by molar-refractivity contribution is 5.38. The van der Waals surface area contributed by atoms with Gasteiger partial charge in [-0.3, -0.25) is 0 Å². The number of nitrogens with one attached hydrogen (secondary N) is 1. The Balaban J connectivity index is 1.59. The lowest BCUT2D eigenvalue weighted by Gasteiger charge is -2.38. The minimum atomic E-state index is -0.0726. The van der Waals surface area contributed by atoms with E-state index in [0.29, 0.717) is 6.04 Å². The summed E-state index contributed by atoms with van der Waals surface area (Å²) in [4.78, 5) is 0. The number of benzene rings is 1. The third-order valence-electron chi connectivity index (χ3n) is 5.04. The fourth-order valence-corrected chi connectivity index (χ4v) is 3.92. The van der Waals surface area contributed by atoms with Crippen molar-refractivity contribution < 1.29 is 4.74 Å². The maximum absolute atomic E-state index is 6.11. The van der Waals surface area contributed by atoms with Crippen molar-refractivity contribution in [3.63, 3.8) is 0 Å². The minimum absolute atomic E-state index is 0.0726. The molecule has 0 radical (unpaired) electrons. The van der Waals surface area contributed by atoms with Crippen LogP contribution < -0.4 is 10.1 Å². The number of hydrogen-bond donors (Lipinski definition) is 1. The van der Waals surface area contributed by atoms with E-state index in [1.54, 1.807) is 0 Å². The third-order valence-corrected chi connectivity index (χ3v) is 5.04. The number of hydrogen-bond acceptors (Lipinski definition) is 2. The van der Waals surface area contributed by atoms with E-state index in [1.807, 2.05) is 0 Å². The first-order valence-corrected chi connectivity index (χ1v) is 8.65. The molecule has 0 spiro atoms. The molecular formula is C19H29NO. The van der Waals surface area contributed by atoms with Crippen molar-refractivity contribution in [2.75, 3.05) is 6.54 Å². The van der Waals surface area contributed by atoms with Gasteiger partial charge in [-0.05, 0) is 38.8 Å². The fraction of sp³-hybridized carbons (Fsp3) is 0.684. The summed E-state index contributed by atoms with van der Waals surface area (Å²) in [6.07, 6.45) is 9.60. The van der Waals surface area contributed by atoms with Crippen molar-refractivity contribution in [1.29, 1.82) is 0 Å². The van der Waals surface area contributed by atoms with Gasteiger partial charge in [0.05, 0.1) is 0 Å². The Hall–Kier alpha value is -1.02. The monoisotopic (exact) mass is 287 g/mol. The molecule has 1 unspecified atom stereocenters. The molecule has 1 atom stereocenters. The molecule has 2 aliphatic rings. The van der Waals surface area contributed by atoms with Gasteiger partial charge in [0, 0.05) is 18.0 Å². The Morgan fingerprint density at radius 1 is 1.14 bits per heavy atom. The SMILES string of the molecule is CC1(C)CC(NCCC2CCCCC2)c2ccccc2O1. The molecule has 116 valence electrons. The van der Waals surface area contributed by atoms with Gasteiger partial charge >= 0.3 is 0 Å². The van der Waals surface area contributed by atoms with Crippen molar-refractivity contribution in [2.24, 2.45) is 5.92 Å². The van der Waals surface area contributed by atoms with Crippen LogP contribution >= 0.6 is 0 Å². The molecule has 2 nitrogen and oxygen atoms in total. The summed E-state index contributed by atoms with van der Waals surface area (Å²) in [7, 11) is 0. The van der Waals surface area contributed by atoms with Crippen LogP contribution in [0.15, 0.2) is 24.3 Å². The maximum Gasteiger partial charge on any atom is 0.124 e. The molecule has 0 aromatic heterocycles. The maximum atomic E-state index is 6.11. The first-order chi connectivity index (χ1) is 10.1. The third kappa shape index (κ3) is 3.79. The van der Waals surface area contributed by atoms with E-state index in [1.165, 1.54) is 44.1 Å². The highest BCUT2D eigenvalue weighted by Crippen LogP contribution is 2.39. The van der Waals surface area contributed by atoms with Crippen molar-refractivity contribution in [1.82, 2.24) is 5.32 Å². The first kappa shape index (κ1) is 14.9. The Morgan fingerprint density at radius 2 is 1.90 bits per heavy atom. The summed E-state index contributed by atoms with van der Waals surface area (Å²) < 4.78 is 6.11. The Bertz CT molecular complexity index is 462. The van der Waals surface area contributed by atoms with Gasteiger partial charge in [-0.2, -0.15) is 0 Å². The van der Waals surface area contributed by atoms with Crippen LogP contribution in [0.25, 0.3) is 0 Å². The van der Waals surface area contributed by atoms with Crippen LogP contribution in [0.3, 0.4) is 0 Å². The second-order valence-electron chi connectivity index (χ2n) is 7.40. The summed E-state index contributed by atoms with van der Waals surface area (Å²) in [5.41, 5.74) is 1.26. The summed E-state index contributed by atoms with van der Waals surface area (Å²) >= 11 is 0. The highest BCUT2D eigenvalue weighted by atomic mass is 16.5. The van der Waals surface area contributed by atoms with Crippen LogP contribution in [-0.4, -0.2) is 12.1 Å². The van der Waals surface area contributed by atoms with E-state index in [4.69, 9.17) is 4.74 Å². The van der Waals surface area contributed by atoms with Crippen LogP contribution in [-0.2, 0) is 0 Å². The van der Waals surface area contributed by atoms with E-state index < -0.39 is 0 Å². The normalized spacial score (nSPS) is 25.1. The zero-order valence-corrected chi connectivity index (χ0v) is 13.5. The predicted octanol–water partition coefficient (Wildman–Crippen LogP) is 4.85. The van der Waals surface area contributed by atoms with Gasteiger partial charge in [-0.25, -0.2) is 0 Å². The van der Waals surface area contributed by atoms with E-state index in [0.717, 1.165) is 24.6 Å². The molecule has 0 amide bonds. The van der Waals surface area contributed by atoms with Gasteiger partial charge in [0.15, 0.2) is 0 Å².